The Kier molecular flexibility index (Phi) is 5.02. The van der Waals surface area contributed by atoms with Gasteiger partial charge in [-0.25, -0.2) is 19.6 Å². The van der Waals surface area contributed by atoms with Crippen LogP contribution in [0, 0.1) is 6.92 Å². The highest BCUT2D eigenvalue weighted by molar-refractivity contribution is 5.88. The number of methoxy groups -OCH3 is 2. The van der Waals surface area contributed by atoms with Crippen LogP contribution in [0.25, 0.3) is 16.7 Å². The first-order chi connectivity index (χ1) is 14.2. The second kappa shape index (κ2) is 7.93. The molecule has 0 saturated carbocycles. The van der Waals surface area contributed by atoms with Crippen LogP contribution < -0.4 is 14.9 Å². The third-order valence-electron chi connectivity index (χ3n) is 4.21. The highest BCUT2D eigenvalue weighted by Gasteiger charge is 2.11. The van der Waals surface area contributed by atoms with Gasteiger partial charge in [-0.2, -0.15) is 10.2 Å². The van der Waals surface area contributed by atoms with Gasteiger partial charge in [0.15, 0.2) is 11.5 Å². The average molecular weight is 389 g/mol. The van der Waals surface area contributed by atoms with Crippen LogP contribution in [0.3, 0.4) is 0 Å². The molecule has 0 atom stereocenters. The number of rotatable bonds is 6. The second-order valence-corrected chi connectivity index (χ2v) is 6.17. The maximum Gasteiger partial charge on any atom is 0.213 e. The van der Waals surface area contributed by atoms with Gasteiger partial charge in [0.25, 0.3) is 0 Å². The van der Waals surface area contributed by atoms with E-state index in [9.17, 15) is 0 Å². The number of anilines is 1. The maximum atomic E-state index is 5.29. The Morgan fingerprint density at radius 3 is 2.83 bits per heavy atom. The summed E-state index contributed by atoms with van der Waals surface area (Å²) in [6, 6.07) is 11.3. The van der Waals surface area contributed by atoms with Crippen molar-refractivity contribution in [2.24, 2.45) is 5.10 Å². The molecule has 0 aliphatic carbocycles. The van der Waals surface area contributed by atoms with E-state index in [0.29, 0.717) is 17.3 Å². The SMILES string of the molecule is COc1cccc(-n2ncc3c(NN=Cc4cc(C)nc(OC)c4)ncnc32)c1. The van der Waals surface area contributed by atoms with E-state index in [2.05, 4.69) is 30.6 Å². The molecule has 1 N–H and O–H groups in total. The van der Waals surface area contributed by atoms with Crippen molar-refractivity contribution in [3.05, 3.63) is 60.2 Å². The van der Waals surface area contributed by atoms with Crippen molar-refractivity contribution in [2.75, 3.05) is 19.6 Å². The van der Waals surface area contributed by atoms with Gasteiger partial charge in [0.2, 0.25) is 5.88 Å². The summed E-state index contributed by atoms with van der Waals surface area (Å²) < 4.78 is 12.2. The van der Waals surface area contributed by atoms with Crippen LogP contribution in [0.4, 0.5) is 5.82 Å². The zero-order chi connectivity index (χ0) is 20.2. The van der Waals surface area contributed by atoms with Crippen LogP contribution in [-0.4, -0.2) is 45.2 Å². The van der Waals surface area contributed by atoms with Crippen molar-refractivity contribution >= 4 is 23.1 Å². The summed E-state index contributed by atoms with van der Waals surface area (Å²) in [5.41, 5.74) is 6.16. The molecule has 0 spiro atoms. The van der Waals surface area contributed by atoms with Crippen LogP contribution in [0.2, 0.25) is 0 Å². The van der Waals surface area contributed by atoms with Crippen LogP contribution >= 0.6 is 0 Å². The van der Waals surface area contributed by atoms with E-state index in [1.54, 1.807) is 37.4 Å². The Hall–Kier alpha value is -4.01. The molecule has 0 saturated heterocycles. The predicted octanol–water partition coefficient (Wildman–Crippen LogP) is 2.98. The van der Waals surface area contributed by atoms with Gasteiger partial charge in [0.1, 0.15) is 12.1 Å². The van der Waals surface area contributed by atoms with Gasteiger partial charge < -0.3 is 9.47 Å². The molecule has 4 aromatic rings. The molecule has 9 heteroatoms. The molecule has 0 unspecified atom stereocenters. The van der Waals surface area contributed by atoms with E-state index < -0.39 is 0 Å². The van der Waals surface area contributed by atoms with Crippen molar-refractivity contribution in [1.29, 1.82) is 0 Å². The standard InChI is InChI=1S/C20H19N7O2/c1-13-7-14(8-18(25-13)29-3)10-23-26-19-17-11-24-27(20(17)22-12-21-19)15-5-4-6-16(9-15)28-2/h4-12H,1-3H3,(H,21,22,26). The van der Waals surface area contributed by atoms with Crippen molar-refractivity contribution in [3.8, 4) is 17.3 Å². The largest absolute Gasteiger partial charge is 0.497 e. The number of hydrogen-bond donors (Lipinski definition) is 1. The summed E-state index contributed by atoms with van der Waals surface area (Å²) in [6.45, 7) is 1.90. The highest BCUT2D eigenvalue weighted by Crippen LogP contribution is 2.23. The molecule has 146 valence electrons. The Morgan fingerprint density at radius 1 is 1.10 bits per heavy atom. The topological polar surface area (TPSA) is 99.3 Å². The Balaban J connectivity index is 1.62. The summed E-state index contributed by atoms with van der Waals surface area (Å²) in [5, 5.41) is 9.47. The van der Waals surface area contributed by atoms with E-state index in [1.807, 2.05) is 37.3 Å². The summed E-state index contributed by atoms with van der Waals surface area (Å²) in [7, 11) is 3.21. The molecule has 0 amide bonds. The van der Waals surface area contributed by atoms with Crippen molar-refractivity contribution < 1.29 is 9.47 Å². The second-order valence-electron chi connectivity index (χ2n) is 6.17. The summed E-state index contributed by atoms with van der Waals surface area (Å²) in [4.78, 5) is 12.9. The van der Waals surface area contributed by atoms with Crippen LogP contribution in [0.1, 0.15) is 11.3 Å². The third kappa shape index (κ3) is 3.84. The monoisotopic (exact) mass is 389 g/mol. The molecule has 3 heterocycles. The minimum absolute atomic E-state index is 0.537. The molecule has 29 heavy (non-hydrogen) atoms. The van der Waals surface area contributed by atoms with Crippen LogP contribution in [0.5, 0.6) is 11.6 Å². The number of benzene rings is 1. The van der Waals surface area contributed by atoms with E-state index in [0.717, 1.165) is 28.1 Å². The van der Waals surface area contributed by atoms with Gasteiger partial charge in [-0.15, -0.1) is 0 Å². The van der Waals surface area contributed by atoms with Crippen molar-refractivity contribution in [2.45, 2.75) is 6.92 Å². The number of hydrogen-bond acceptors (Lipinski definition) is 8. The number of ether oxygens (including phenoxy) is 2. The quantitative estimate of drug-likeness (QED) is 0.400. The van der Waals surface area contributed by atoms with Gasteiger partial charge in [-0.3, -0.25) is 5.43 Å². The fraction of sp³-hybridized carbons (Fsp3) is 0.150. The molecular formula is C20H19N7O2. The van der Waals surface area contributed by atoms with Crippen molar-refractivity contribution in [1.82, 2.24) is 24.7 Å². The number of aryl methyl sites for hydroxylation is 1. The summed E-state index contributed by atoms with van der Waals surface area (Å²) >= 11 is 0. The highest BCUT2D eigenvalue weighted by atomic mass is 16.5. The molecule has 0 aliphatic rings. The first-order valence-electron chi connectivity index (χ1n) is 8.83. The molecule has 0 fully saturated rings. The van der Waals surface area contributed by atoms with Gasteiger partial charge in [0.05, 0.1) is 37.7 Å². The van der Waals surface area contributed by atoms with Gasteiger partial charge in [-0.05, 0) is 25.1 Å². The predicted molar refractivity (Wildman–Crippen MR) is 110 cm³/mol. The number of pyridine rings is 1. The van der Waals surface area contributed by atoms with Crippen molar-refractivity contribution in [3.63, 3.8) is 0 Å². The third-order valence-corrected chi connectivity index (χ3v) is 4.21. The molecule has 9 nitrogen and oxygen atoms in total. The van der Waals surface area contributed by atoms with E-state index in [-0.39, 0.29) is 0 Å². The fourth-order valence-electron chi connectivity index (χ4n) is 2.88. The van der Waals surface area contributed by atoms with Crippen LogP contribution in [0.15, 0.2) is 54.0 Å². The lowest BCUT2D eigenvalue weighted by Crippen LogP contribution is -2.00. The zero-order valence-electron chi connectivity index (χ0n) is 16.2. The Labute approximate surface area is 167 Å². The maximum absolute atomic E-state index is 5.29. The van der Waals surface area contributed by atoms with Gasteiger partial charge >= 0.3 is 0 Å². The average Bonchev–Trinajstić information content (AvgIpc) is 3.18. The number of hydrazone groups is 1. The molecule has 4 rings (SSSR count). The molecule has 0 bridgehead atoms. The normalized spacial score (nSPS) is 11.1. The van der Waals surface area contributed by atoms with Crippen LogP contribution in [-0.2, 0) is 0 Å². The number of nitrogens with one attached hydrogen (secondary N) is 1. The fourth-order valence-corrected chi connectivity index (χ4v) is 2.88. The first kappa shape index (κ1) is 18.4. The number of nitrogens with zero attached hydrogens (tertiary/aromatic N) is 6. The summed E-state index contributed by atoms with van der Waals surface area (Å²) in [6.07, 6.45) is 4.85. The molecule has 3 aromatic heterocycles. The minimum atomic E-state index is 0.537. The smallest absolute Gasteiger partial charge is 0.213 e. The molecule has 1 aromatic carbocycles. The first-order valence-corrected chi connectivity index (χ1v) is 8.83. The number of aromatic nitrogens is 5. The minimum Gasteiger partial charge on any atom is -0.497 e. The number of fused-ring (bicyclic) bond motifs is 1. The van der Waals surface area contributed by atoms with E-state index in [4.69, 9.17) is 9.47 Å². The van der Waals surface area contributed by atoms with Gasteiger partial charge in [0, 0.05) is 23.4 Å². The molecule has 0 aliphatic heterocycles. The van der Waals surface area contributed by atoms with E-state index >= 15 is 0 Å². The lowest BCUT2D eigenvalue weighted by molar-refractivity contribution is 0.397. The zero-order valence-corrected chi connectivity index (χ0v) is 16.2. The Bertz CT molecular complexity index is 1190. The summed E-state index contributed by atoms with van der Waals surface area (Å²) in [5.74, 6) is 1.83. The van der Waals surface area contributed by atoms with Gasteiger partial charge in [-0.1, -0.05) is 6.07 Å². The lowest BCUT2D eigenvalue weighted by Gasteiger charge is -2.06. The molecule has 0 radical (unpaired) electrons. The lowest BCUT2D eigenvalue weighted by atomic mass is 10.2. The Morgan fingerprint density at radius 2 is 2.00 bits per heavy atom. The van der Waals surface area contributed by atoms with E-state index in [1.165, 1.54) is 6.33 Å². The molecular weight excluding hydrogens is 370 g/mol.